The summed E-state index contributed by atoms with van der Waals surface area (Å²) in [5, 5.41) is 1.89. The van der Waals surface area contributed by atoms with E-state index in [1.807, 2.05) is 56.3 Å². The number of benzene rings is 3. The van der Waals surface area contributed by atoms with Gasteiger partial charge in [0.05, 0.1) is 10.6 Å². The van der Waals surface area contributed by atoms with E-state index in [2.05, 4.69) is 4.72 Å². The van der Waals surface area contributed by atoms with Crippen molar-refractivity contribution in [2.75, 3.05) is 4.72 Å². The molecule has 0 bridgehead atoms. The highest BCUT2D eigenvalue weighted by Gasteiger charge is 2.16. The Morgan fingerprint density at radius 2 is 1.55 bits per heavy atom. The van der Waals surface area contributed by atoms with Crippen molar-refractivity contribution >= 4 is 26.5 Å². The molecule has 3 nitrogen and oxygen atoms in total. The van der Waals surface area contributed by atoms with Crippen LogP contribution in [0.4, 0.5) is 5.69 Å². The van der Waals surface area contributed by atoms with E-state index in [4.69, 9.17) is 0 Å². The predicted octanol–water partition coefficient (Wildman–Crippen LogP) is 4.26. The smallest absolute Gasteiger partial charge is 0.261 e. The van der Waals surface area contributed by atoms with E-state index in [-0.39, 0.29) is 4.90 Å². The maximum atomic E-state index is 12.6. The van der Waals surface area contributed by atoms with Crippen LogP contribution in [-0.4, -0.2) is 8.42 Å². The highest BCUT2D eigenvalue weighted by Crippen LogP contribution is 2.26. The molecular weight excluding hydrogens is 294 g/mol. The lowest BCUT2D eigenvalue weighted by Gasteiger charge is -2.12. The van der Waals surface area contributed by atoms with E-state index < -0.39 is 10.0 Å². The Bertz CT molecular complexity index is 941. The normalized spacial score (nSPS) is 11.5. The van der Waals surface area contributed by atoms with E-state index in [0.29, 0.717) is 5.69 Å². The van der Waals surface area contributed by atoms with Crippen LogP contribution in [-0.2, 0) is 10.0 Å². The van der Waals surface area contributed by atoms with Crippen molar-refractivity contribution in [2.45, 2.75) is 18.7 Å². The van der Waals surface area contributed by atoms with Crippen LogP contribution in [0.15, 0.2) is 65.6 Å². The van der Waals surface area contributed by atoms with Crippen LogP contribution < -0.4 is 4.72 Å². The Morgan fingerprint density at radius 1 is 0.818 bits per heavy atom. The van der Waals surface area contributed by atoms with Gasteiger partial charge >= 0.3 is 0 Å². The maximum absolute atomic E-state index is 12.6. The number of nitrogens with one attached hydrogen (secondary N) is 1. The molecule has 112 valence electrons. The molecule has 0 aliphatic carbocycles. The summed E-state index contributed by atoms with van der Waals surface area (Å²) < 4.78 is 27.9. The fourth-order valence-corrected chi connectivity index (χ4v) is 3.56. The summed E-state index contributed by atoms with van der Waals surface area (Å²) in [4.78, 5) is 0.281. The zero-order valence-corrected chi connectivity index (χ0v) is 13.3. The number of sulfonamides is 1. The minimum Gasteiger partial charge on any atom is -0.279 e. The highest BCUT2D eigenvalue weighted by molar-refractivity contribution is 7.92. The van der Waals surface area contributed by atoms with Gasteiger partial charge in [-0.3, -0.25) is 4.72 Å². The van der Waals surface area contributed by atoms with E-state index in [1.54, 1.807) is 18.2 Å². The van der Waals surface area contributed by atoms with Crippen molar-refractivity contribution in [2.24, 2.45) is 0 Å². The van der Waals surface area contributed by atoms with Crippen LogP contribution in [0, 0.1) is 13.8 Å². The van der Waals surface area contributed by atoms with Crippen molar-refractivity contribution in [3.8, 4) is 0 Å². The fraction of sp³-hybridized carbons (Fsp3) is 0.111. The summed E-state index contributed by atoms with van der Waals surface area (Å²) >= 11 is 0. The van der Waals surface area contributed by atoms with Gasteiger partial charge in [-0.05, 0) is 48.6 Å². The molecule has 0 aromatic heterocycles. The fourth-order valence-electron chi connectivity index (χ4n) is 2.40. The number of hydrogen-bond donors (Lipinski definition) is 1. The second kappa shape index (κ2) is 5.46. The SMILES string of the molecule is Cc1ccc(S(=O)(=O)Nc2cccc3ccccc23)cc1C. The summed E-state index contributed by atoms with van der Waals surface area (Å²) in [6, 6.07) is 18.5. The molecular formula is C18H17NO2S. The summed E-state index contributed by atoms with van der Waals surface area (Å²) in [6.45, 7) is 3.87. The van der Waals surface area contributed by atoms with E-state index in [1.165, 1.54) is 0 Å². The molecule has 3 aromatic rings. The van der Waals surface area contributed by atoms with Crippen LogP contribution >= 0.6 is 0 Å². The molecule has 4 heteroatoms. The second-order valence-corrected chi connectivity index (χ2v) is 7.06. The lowest BCUT2D eigenvalue weighted by atomic mass is 10.1. The molecule has 0 saturated heterocycles. The number of anilines is 1. The quantitative estimate of drug-likeness (QED) is 0.785. The molecule has 0 heterocycles. The third-order valence-electron chi connectivity index (χ3n) is 3.82. The van der Waals surface area contributed by atoms with Gasteiger partial charge in [-0.2, -0.15) is 0 Å². The van der Waals surface area contributed by atoms with Gasteiger partial charge in [0.25, 0.3) is 10.0 Å². The molecule has 0 atom stereocenters. The zero-order chi connectivity index (χ0) is 15.7. The molecule has 0 spiro atoms. The first-order valence-corrected chi connectivity index (χ1v) is 8.53. The number of aryl methyl sites for hydroxylation is 2. The summed E-state index contributed by atoms with van der Waals surface area (Å²) in [5.41, 5.74) is 2.63. The average molecular weight is 311 g/mol. The molecule has 3 rings (SSSR count). The molecule has 0 aliphatic heterocycles. The average Bonchev–Trinajstić information content (AvgIpc) is 2.50. The molecule has 0 saturated carbocycles. The van der Waals surface area contributed by atoms with Gasteiger partial charge in [-0.15, -0.1) is 0 Å². The third kappa shape index (κ3) is 2.70. The summed E-state index contributed by atoms with van der Waals surface area (Å²) in [6.07, 6.45) is 0. The minimum atomic E-state index is -3.59. The van der Waals surface area contributed by atoms with Crippen molar-refractivity contribution in [3.05, 3.63) is 71.8 Å². The monoisotopic (exact) mass is 311 g/mol. The Hall–Kier alpha value is -2.33. The maximum Gasteiger partial charge on any atom is 0.261 e. The lowest BCUT2D eigenvalue weighted by molar-refractivity contribution is 0.601. The van der Waals surface area contributed by atoms with Crippen LogP contribution in [0.2, 0.25) is 0 Å². The Morgan fingerprint density at radius 3 is 2.32 bits per heavy atom. The molecule has 0 unspecified atom stereocenters. The van der Waals surface area contributed by atoms with Crippen LogP contribution in [0.1, 0.15) is 11.1 Å². The first-order valence-electron chi connectivity index (χ1n) is 7.05. The van der Waals surface area contributed by atoms with Gasteiger partial charge in [0.1, 0.15) is 0 Å². The predicted molar refractivity (Wildman–Crippen MR) is 90.7 cm³/mol. The first-order chi connectivity index (χ1) is 10.5. The van der Waals surface area contributed by atoms with Crippen molar-refractivity contribution in [1.29, 1.82) is 0 Å². The number of rotatable bonds is 3. The topological polar surface area (TPSA) is 46.2 Å². The zero-order valence-electron chi connectivity index (χ0n) is 12.5. The van der Waals surface area contributed by atoms with Gasteiger partial charge in [0.15, 0.2) is 0 Å². The standard InChI is InChI=1S/C18H17NO2S/c1-13-10-11-16(12-14(13)2)22(20,21)19-18-9-5-7-15-6-3-4-8-17(15)18/h3-12,19H,1-2H3. The van der Waals surface area contributed by atoms with Crippen LogP contribution in [0.25, 0.3) is 10.8 Å². The van der Waals surface area contributed by atoms with E-state index in [0.717, 1.165) is 21.9 Å². The van der Waals surface area contributed by atoms with E-state index >= 15 is 0 Å². The largest absolute Gasteiger partial charge is 0.279 e. The van der Waals surface area contributed by atoms with Crippen molar-refractivity contribution < 1.29 is 8.42 Å². The molecule has 22 heavy (non-hydrogen) atoms. The summed E-state index contributed by atoms with van der Waals surface area (Å²) in [7, 11) is -3.59. The van der Waals surface area contributed by atoms with Crippen LogP contribution in [0.3, 0.4) is 0 Å². The van der Waals surface area contributed by atoms with Crippen LogP contribution in [0.5, 0.6) is 0 Å². The molecule has 0 fully saturated rings. The molecule has 1 N–H and O–H groups in total. The second-order valence-electron chi connectivity index (χ2n) is 5.38. The van der Waals surface area contributed by atoms with Gasteiger partial charge in [0.2, 0.25) is 0 Å². The Labute approximate surface area is 130 Å². The third-order valence-corrected chi connectivity index (χ3v) is 5.19. The molecule has 0 aliphatic rings. The van der Waals surface area contributed by atoms with E-state index in [9.17, 15) is 8.42 Å². The lowest BCUT2D eigenvalue weighted by Crippen LogP contribution is -2.13. The molecule has 0 radical (unpaired) electrons. The molecule has 3 aromatic carbocycles. The van der Waals surface area contributed by atoms with Gasteiger partial charge in [-0.25, -0.2) is 8.42 Å². The summed E-state index contributed by atoms with van der Waals surface area (Å²) in [5.74, 6) is 0. The van der Waals surface area contributed by atoms with Crippen molar-refractivity contribution in [1.82, 2.24) is 0 Å². The van der Waals surface area contributed by atoms with Crippen molar-refractivity contribution in [3.63, 3.8) is 0 Å². The van der Waals surface area contributed by atoms with Gasteiger partial charge in [-0.1, -0.05) is 42.5 Å². The molecule has 0 amide bonds. The number of hydrogen-bond acceptors (Lipinski definition) is 2. The first kappa shape index (κ1) is 14.6. The van der Waals surface area contributed by atoms with Gasteiger partial charge < -0.3 is 0 Å². The van der Waals surface area contributed by atoms with Gasteiger partial charge in [0, 0.05) is 5.39 Å². The minimum absolute atomic E-state index is 0.281. The Kier molecular flexibility index (Phi) is 3.62. The highest BCUT2D eigenvalue weighted by atomic mass is 32.2. The Balaban J connectivity index is 2.05. The number of fused-ring (bicyclic) bond motifs is 1.